The molecule has 0 saturated carbocycles. The maximum absolute atomic E-state index is 11.0. The summed E-state index contributed by atoms with van der Waals surface area (Å²) in [5, 5.41) is 0. The first-order chi connectivity index (χ1) is 5.02. The van der Waals surface area contributed by atoms with E-state index in [1.54, 1.807) is 6.07 Å². The van der Waals surface area contributed by atoms with Gasteiger partial charge in [-0.2, -0.15) is 0 Å². The van der Waals surface area contributed by atoms with E-state index in [2.05, 4.69) is 4.98 Å². The van der Waals surface area contributed by atoms with Gasteiger partial charge in [-0.15, -0.1) is 0 Å². The van der Waals surface area contributed by atoms with Gasteiger partial charge in [0, 0.05) is 6.20 Å². The van der Waals surface area contributed by atoms with Crippen molar-refractivity contribution in [3.05, 3.63) is 34.2 Å². The molecule has 0 saturated heterocycles. The van der Waals surface area contributed by atoms with E-state index >= 15 is 0 Å². The Bertz CT molecular complexity index is 301. The summed E-state index contributed by atoms with van der Waals surface area (Å²) in [5.74, 6) is 0. The molecular weight excluding hydrogens is 208 g/mol. The molecule has 0 aliphatic heterocycles. The van der Waals surface area contributed by atoms with Gasteiger partial charge in [0.05, 0.1) is 5.56 Å². The lowest BCUT2D eigenvalue weighted by atomic mass is 10.3. The lowest BCUT2D eigenvalue weighted by Crippen LogP contribution is -2.17. The van der Waals surface area contributed by atoms with Crippen molar-refractivity contribution in [2.45, 2.75) is 3.79 Å². The number of hydrogen-bond acceptors (Lipinski definition) is 1. The van der Waals surface area contributed by atoms with Crippen LogP contribution < -0.4 is 5.56 Å². The number of H-pyrrole nitrogens is 1. The molecule has 1 aromatic rings. The minimum Gasteiger partial charge on any atom is -0.329 e. The van der Waals surface area contributed by atoms with E-state index in [1.807, 2.05) is 0 Å². The number of alkyl halides is 3. The number of pyridine rings is 1. The van der Waals surface area contributed by atoms with Gasteiger partial charge >= 0.3 is 0 Å². The van der Waals surface area contributed by atoms with Crippen LogP contribution in [0.2, 0.25) is 0 Å². The van der Waals surface area contributed by atoms with Crippen molar-refractivity contribution in [2.75, 3.05) is 0 Å². The second-order valence-corrected chi connectivity index (χ2v) is 4.19. The van der Waals surface area contributed by atoms with Crippen molar-refractivity contribution < 1.29 is 0 Å². The van der Waals surface area contributed by atoms with E-state index < -0.39 is 3.79 Å². The van der Waals surface area contributed by atoms with E-state index in [9.17, 15) is 4.79 Å². The number of rotatable bonds is 0. The summed E-state index contributed by atoms with van der Waals surface area (Å²) in [6.45, 7) is 0. The predicted molar refractivity (Wildman–Crippen MR) is 46.3 cm³/mol. The van der Waals surface area contributed by atoms with Gasteiger partial charge in [-0.25, -0.2) is 0 Å². The van der Waals surface area contributed by atoms with Gasteiger partial charge in [0.1, 0.15) is 0 Å². The van der Waals surface area contributed by atoms with Gasteiger partial charge in [0.25, 0.3) is 5.56 Å². The average Bonchev–Trinajstić information content (AvgIpc) is 1.86. The van der Waals surface area contributed by atoms with Crippen LogP contribution in [0.5, 0.6) is 0 Å². The molecule has 0 aliphatic carbocycles. The normalized spacial score (nSPS) is 11.5. The summed E-state index contributed by atoms with van der Waals surface area (Å²) in [6, 6.07) is 3.06. The minimum absolute atomic E-state index is 0.130. The summed E-state index contributed by atoms with van der Waals surface area (Å²) >= 11 is 16.4. The van der Waals surface area contributed by atoms with E-state index in [0.717, 1.165) is 0 Å². The van der Waals surface area contributed by atoms with Crippen LogP contribution in [0, 0.1) is 0 Å². The standard InChI is InChI=1S/C6H4Cl3NO/c7-6(8,9)4-2-1-3-10-5(4)11/h1-3H,(H,10,11). The number of aromatic amines is 1. The SMILES string of the molecule is O=c1[nH]cccc1C(Cl)(Cl)Cl. The third-order valence-electron chi connectivity index (χ3n) is 1.12. The molecule has 0 amide bonds. The Morgan fingerprint density at radius 1 is 1.36 bits per heavy atom. The quantitative estimate of drug-likeness (QED) is 0.657. The van der Waals surface area contributed by atoms with E-state index in [0.29, 0.717) is 0 Å². The maximum atomic E-state index is 11.0. The molecule has 1 N–H and O–H groups in total. The van der Waals surface area contributed by atoms with Crippen LogP contribution in [-0.2, 0) is 3.79 Å². The molecule has 1 rings (SSSR count). The fourth-order valence-electron chi connectivity index (χ4n) is 0.645. The molecule has 1 heterocycles. The largest absolute Gasteiger partial charge is 0.329 e. The van der Waals surface area contributed by atoms with Gasteiger partial charge < -0.3 is 4.98 Å². The Balaban J connectivity index is 3.26. The molecule has 0 unspecified atom stereocenters. The topological polar surface area (TPSA) is 32.9 Å². The first-order valence-corrected chi connectivity index (χ1v) is 3.90. The van der Waals surface area contributed by atoms with Crippen LogP contribution in [0.25, 0.3) is 0 Å². The molecule has 0 radical (unpaired) electrons. The van der Waals surface area contributed by atoms with E-state index in [4.69, 9.17) is 34.8 Å². The number of nitrogens with one attached hydrogen (secondary N) is 1. The van der Waals surface area contributed by atoms with Crippen LogP contribution in [0.15, 0.2) is 23.1 Å². The summed E-state index contributed by atoms with van der Waals surface area (Å²) < 4.78 is -1.64. The molecular formula is C6H4Cl3NO. The Kier molecular flexibility index (Phi) is 2.47. The Morgan fingerprint density at radius 2 is 2.00 bits per heavy atom. The number of hydrogen-bond donors (Lipinski definition) is 1. The zero-order valence-corrected chi connectivity index (χ0v) is 7.54. The summed E-state index contributed by atoms with van der Waals surface area (Å²) in [7, 11) is 0. The molecule has 60 valence electrons. The molecule has 1 aromatic heterocycles. The van der Waals surface area contributed by atoms with Crippen molar-refractivity contribution in [3.63, 3.8) is 0 Å². The lowest BCUT2D eigenvalue weighted by Gasteiger charge is -2.07. The fraction of sp³-hybridized carbons (Fsp3) is 0.167. The molecule has 11 heavy (non-hydrogen) atoms. The van der Waals surface area contributed by atoms with Crippen LogP contribution in [0.3, 0.4) is 0 Å². The summed E-state index contributed by atoms with van der Waals surface area (Å²) in [6.07, 6.45) is 1.47. The lowest BCUT2D eigenvalue weighted by molar-refractivity contribution is 1.11. The highest BCUT2D eigenvalue weighted by molar-refractivity contribution is 6.66. The Hall–Kier alpha value is -0.180. The van der Waals surface area contributed by atoms with Crippen LogP contribution in [-0.4, -0.2) is 4.98 Å². The maximum Gasteiger partial charge on any atom is 0.255 e. The third-order valence-corrected chi connectivity index (χ3v) is 1.73. The van der Waals surface area contributed by atoms with Gasteiger partial charge in [0.2, 0.25) is 3.79 Å². The molecule has 0 atom stereocenters. The number of aromatic nitrogens is 1. The van der Waals surface area contributed by atoms with Gasteiger partial charge in [-0.3, -0.25) is 4.79 Å². The van der Waals surface area contributed by atoms with Gasteiger partial charge in [-0.1, -0.05) is 34.8 Å². The highest BCUT2D eigenvalue weighted by Gasteiger charge is 2.25. The second kappa shape index (κ2) is 3.05. The van der Waals surface area contributed by atoms with Gasteiger partial charge in [-0.05, 0) is 12.1 Å². The first-order valence-electron chi connectivity index (χ1n) is 2.77. The molecule has 0 spiro atoms. The molecule has 5 heteroatoms. The zero-order chi connectivity index (χ0) is 8.48. The Labute approximate surface area is 78.1 Å². The van der Waals surface area contributed by atoms with Crippen LogP contribution in [0.1, 0.15) is 5.56 Å². The van der Waals surface area contributed by atoms with Crippen molar-refractivity contribution in [2.24, 2.45) is 0 Å². The summed E-state index contributed by atoms with van der Waals surface area (Å²) in [4.78, 5) is 13.4. The average molecular weight is 212 g/mol. The first kappa shape index (κ1) is 8.91. The third kappa shape index (κ3) is 2.12. The van der Waals surface area contributed by atoms with Gasteiger partial charge in [0.15, 0.2) is 0 Å². The highest BCUT2D eigenvalue weighted by atomic mass is 35.6. The molecule has 0 fully saturated rings. The highest BCUT2D eigenvalue weighted by Crippen LogP contribution is 2.35. The van der Waals surface area contributed by atoms with E-state index in [1.165, 1.54) is 12.3 Å². The molecule has 0 aromatic carbocycles. The molecule has 2 nitrogen and oxygen atoms in total. The van der Waals surface area contributed by atoms with E-state index in [-0.39, 0.29) is 11.1 Å². The Morgan fingerprint density at radius 3 is 2.36 bits per heavy atom. The fourth-order valence-corrected chi connectivity index (χ4v) is 1.09. The number of halogens is 3. The summed E-state index contributed by atoms with van der Waals surface area (Å²) in [5.41, 5.74) is -0.252. The minimum atomic E-state index is -1.64. The van der Waals surface area contributed by atoms with Crippen molar-refractivity contribution in [1.82, 2.24) is 4.98 Å². The van der Waals surface area contributed by atoms with Crippen molar-refractivity contribution >= 4 is 34.8 Å². The van der Waals surface area contributed by atoms with Crippen molar-refractivity contribution in [1.29, 1.82) is 0 Å². The van der Waals surface area contributed by atoms with Crippen LogP contribution >= 0.6 is 34.8 Å². The second-order valence-electron chi connectivity index (χ2n) is 1.91. The molecule has 0 bridgehead atoms. The predicted octanol–water partition coefficient (Wildman–Crippen LogP) is 2.20. The monoisotopic (exact) mass is 211 g/mol. The zero-order valence-electron chi connectivity index (χ0n) is 5.27. The smallest absolute Gasteiger partial charge is 0.255 e. The molecule has 0 aliphatic rings. The van der Waals surface area contributed by atoms with Crippen molar-refractivity contribution in [3.8, 4) is 0 Å². The van der Waals surface area contributed by atoms with Crippen LogP contribution in [0.4, 0.5) is 0 Å².